The number of amides is 1. The number of hydrogen-bond acceptors (Lipinski definition) is 4. The number of primary amides is 1. The van der Waals surface area contributed by atoms with Crippen LogP contribution in [0.1, 0.15) is 23.2 Å². The Balaban J connectivity index is 2.37. The highest BCUT2D eigenvalue weighted by Crippen LogP contribution is 2.33. The van der Waals surface area contributed by atoms with Crippen LogP contribution in [0.5, 0.6) is 0 Å². The van der Waals surface area contributed by atoms with Gasteiger partial charge in [0, 0.05) is 10.4 Å². The number of rotatable bonds is 5. The van der Waals surface area contributed by atoms with E-state index in [1.54, 1.807) is 12.1 Å². The normalized spacial score (nSPS) is 13.9. The van der Waals surface area contributed by atoms with Gasteiger partial charge in [0.25, 0.3) is 0 Å². The van der Waals surface area contributed by atoms with Crippen molar-refractivity contribution in [3.63, 3.8) is 0 Å². The van der Waals surface area contributed by atoms with E-state index in [1.165, 1.54) is 11.3 Å². The monoisotopic (exact) mass is 310 g/mol. The Labute approximate surface area is 126 Å². The summed E-state index contributed by atoms with van der Waals surface area (Å²) in [5.41, 5.74) is 6.18. The number of thiazole rings is 1. The number of aliphatic hydroxyl groups is 1. The Kier molecular flexibility index (Phi) is 4.42. The SMILES string of the molecule is CC(CO)(c1ccc(Cl)cc1)c1csc(CC(N)=O)n1. The van der Waals surface area contributed by atoms with Gasteiger partial charge in [0.2, 0.25) is 5.91 Å². The van der Waals surface area contributed by atoms with Crippen molar-refractivity contribution in [2.75, 3.05) is 6.61 Å². The van der Waals surface area contributed by atoms with Gasteiger partial charge in [-0.1, -0.05) is 23.7 Å². The van der Waals surface area contributed by atoms with Crippen LogP contribution in [0.25, 0.3) is 0 Å². The molecule has 1 unspecified atom stereocenters. The maximum Gasteiger partial charge on any atom is 0.224 e. The van der Waals surface area contributed by atoms with Gasteiger partial charge in [0.15, 0.2) is 0 Å². The first-order valence-corrected chi connectivity index (χ1v) is 7.31. The van der Waals surface area contributed by atoms with E-state index in [9.17, 15) is 9.90 Å². The van der Waals surface area contributed by atoms with Crippen LogP contribution >= 0.6 is 22.9 Å². The van der Waals surface area contributed by atoms with Crippen LogP contribution < -0.4 is 5.73 Å². The fourth-order valence-electron chi connectivity index (χ4n) is 1.93. The highest BCUT2D eigenvalue weighted by molar-refractivity contribution is 7.09. The van der Waals surface area contributed by atoms with E-state index in [-0.39, 0.29) is 13.0 Å². The molecule has 0 saturated heterocycles. The molecule has 0 fully saturated rings. The summed E-state index contributed by atoms with van der Waals surface area (Å²) in [6.07, 6.45) is 0.118. The van der Waals surface area contributed by atoms with E-state index in [0.717, 1.165) is 11.3 Å². The van der Waals surface area contributed by atoms with Gasteiger partial charge >= 0.3 is 0 Å². The lowest BCUT2D eigenvalue weighted by Gasteiger charge is -2.26. The molecule has 0 aliphatic rings. The van der Waals surface area contributed by atoms with Crippen LogP contribution in [-0.2, 0) is 16.6 Å². The number of aliphatic hydroxyl groups excluding tert-OH is 1. The molecule has 2 aromatic rings. The quantitative estimate of drug-likeness (QED) is 0.888. The molecule has 0 aliphatic heterocycles. The molecular formula is C14H15ClN2O2S. The van der Waals surface area contributed by atoms with E-state index < -0.39 is 11.3 Å². The number of carbonyl (C=O) groups excluding carboxylic acids is 1. The second kappa shape index (κ2) is 5.91. The zero-order valence-corrected chi connectivity index (χ0v) is 12.5. The summed E-state index contributed by atoms with van der Waals surface area (Å²) in [5.74, 6) is -0.414. The first-order chi connectivity index (χ1) is 9.45. The van der Waals surface area contributed by atoms with E-state index in [2.05, 4.69) is 4.98 Å². The molecule has 20 heavy (non-hydrogen) atoms. The maximum absolute atomic E-state index is 10.9. The van der Waals surface area contributed by atoms with Gasteiger partial charge in [0.05, 0.1) is 24.1 Å². The first-order valence-electron chi connectivity index (χ1n) is 6.06. The van der Waals surface area contributed by atoms with Gasteiger partial charge in [-0.15, -0.1) is 11.3 Å². The van der Waals surface area contributed by atoms with Crippen LogP contribution in [0.3, 0.4) is 0 Å². The second-order valence-electron chi connectivity index (χ2n) is 4.77. The highest BCUT2D eigenvalue weighted by atomic mass is 35.5. The van der Waals surface area contributed by atoms with Crippen molar-refractivity contribution in [2.24, 2.45) is 5.73 Å². The van der Waals surface area contributed by atoms with Crippen molar-refractivity contribution in [1.29, 1.82) is 0 Å². The van der Waals surface area contributed by atoms with Crippen LogP contribution in [0.4, 0.5) is 0 Å². The number of hydrogen-bond donors (Lipinski definition) is 2. The summed E-state index contributed by atoms with van der Waals surface area (Å²) in [6.45, 7) is 1.81. The molecule has 0 radical (unpaired) electrons. The average Bonchev–Trinajstić information content (AvgIpc) is 2.87. The standard InChI is InChI=1S/C14H15ClN2O2S/c1-14(8-18,9-2-4-10(15)5-3-9)11-7-20-13(17-11)6-12(16)19/h2-5,7,18H,6,8H2,1H3,(H2,16,19). The summed E-state index contributed by atoms with van der Waals surface area (Å²) < 4.78 is 0. The topological polar surface area (TPSA) is 76.2 Å². The van der Waals surface area contributed by atoms with E-state index in [1.807, 2.05) is 24.4 Å². The Morgan fingerprint density at radius 3 is 2.65 bits per heavy atom. The van der Waals surface area contributed by atoms with Gasteiger partial charge in [-0.05, 0) is 24.6 Å². The van der Waals surface area contributed by atoms with Gasteiger partial charge in [-0.2, -0.15) is 0 Å². The molecule has 0 saturated carbocycles. The minimum absolute atomic E-state index is 0.0889. The Bertz CT molecular complexity index is 612. The van der Waals surface area contributed by atoms with Crippen molar-refractivity contribution < 1.29 is 9.90 Å². The third kappa shape index (κ3) is 3.00. The molecular weight excluding hydrogens is 296 g/mol. The molecule has 3 N–H and O–H groups in total. The zero-order chi connectivity index (χ0) is 14.8. The number of carbonyl (C=O) groups is 1. The predicted molar refractivity (Wildman–Crippen MR) is 80.0 cm³/mol. The minimum Gasteiger partial charge on any atom is -0.395 e. The molecule has 0 aliphatic carbocycles. The van der Waals surface area contributed by atoms with Crippen molar-refractivity contribution >= 4 is 28.8 Å². The van der Waals surface area contributed by atoms with Crippen LogP contribution in [-0.4, -0.2) is 22.6 Å². The first kappa shape index (κ1) is 15.0. The minimum atomic E-state index is -0.628. The average molecular weight is 311 g/mol. The lowest BCUT2D eigenvalue weighted by atomic mass is 9.81. The lowest BCUT2D eigenvalue weighted by Crippen LogP contribution is -2.28. The van der Waals surface area contributed by atoms with Crippen LogP contribution in [0.15, 0.2) is 29.6 Å². The van der Waals surface area contributed by atoms with Crippen LogP contribution in [0.2, 0.25) is 5.02 Å². The number of nitrogens with zero attached hydrogens (tertiary/aromatic N) is 1. The van der Waals surface area contributed by atoms with Gasteiger partial charge in [0.1, 0.15) is 5.01 Å². The van der Waals surface area contributed by atoms with E-state index >= 15 is 0 Å². The second-order valence-corrected chi connectivity index (χ2v) is 6.15. The highest BCUT2D eigenvalue weighted by Gasteiger charge is 2.31. The molecule has 1 aromatic heterocycles. The maximum atomic E-state index is 10.9. The molecule has 2 rings (SSSR count). The smallest absolute Gasteiger partial charge is 0.224 e. The molecule has 1 amide bonds. The van der Waals surface area contributed by atoms with Crippen molar-refractivity contribution in [1.82, 2.24) is 4.98 Å². The number of benzene rings is 1. The Morgan fingerprint density at radius 1 is 1.45 bits per heavy atom. The molecule has 6 heteroatoms. The van der Waals surface area contributed by atoms with Gasteiger partial charge in [-0.3, -0.25) is 4.79 Å². The third-order valence-electron chi connectivity index (χ3n) is 3.24. The van der Waals surface area contributed by atoms with Crippen molar-refractivity contribution in [2.45, 2.75) is 18.8 Å². The molecule has 1 aromatic carbocycles. The lowest BCUT2D eigenvalue weighted by molar-refractivity contribution is -0.117. The van der Waals surface area contributed by atoms with E-state index in [0.29, 0.717) is 10.0 Å². The molecule has 1 atom stereocenters. The van der Waals surface area contributed by atoms with Crippen molar-refractivity contribution in [3.8, 4) is 0 Å². The molecule has 4 nitrogen and oxygen atoms in total. The molecule has 1 heterocycles. The fourth-order valence-corrected chi connectivity index (χ4v) is 3.00. The summed E-state index contributed by atoms with van der Waals surface area (Å²) in [5, 5.41) is 12.9. The molecule has 106 valence electrons. The Morgan fingerprint density at radius 2 is 2.10 bits per heavy atom. The summed E-state index contributed by atoms with van der Waals surface area (Å²) >= 11 is 7.25. The van der Waals surface area contributed by atoms with Crippen LogP contribution in [0, 0.1) is 0 Å². The van der Waals surface area contributed by atoms with Gasteiger partial charge < -0.3 is 10.8 Å². The predicted octanol–water partition coefficient (Wildman–Crippen LogP) is 2.12. The molecule has 0 spiro atoms. The zero-order valence-electron chi connectivity index (χ0n) is 11.0. The van der Waals surface area contributed by atoms with Gasteiger partial charge in [-0.25, -0.2) is 4.98 Å². The summed E-state index contributed by atoms with van der Waals surface area (Å²) in [7, 11) is 0. The molecule has 0 bridgehead atoms. The Hall–Kier alpha value is -1.43. The third-order valence-corrected chi connectivity index (χ3v) is 4.34. The van der Waals surface area contributed by atoms with Crippen molar-refractivity contribution in [3.05, 3.63) is 50.9 Å². The number of halogens is 1. The number of nitrogens with two attached hydrogens (primary N) is 1. The summed E-state index contributed by atoms with van der Waals surface area (Å²) in [6, 6.07) is 7.29. The summed E-state index contributed by atoms with van der Waals surface area (Å²) in [4.78, 5) is 15.3. The number of aromatic nitrogens is 1. The largest absolute Gasteiger partial charge is 0.395 e. The van der Waals surface area contributed by atoms with E-state index in [4.69, 9.17) is 17.3 Å². The fraction of sp³-hybridized carbons (Fsp3) is 0.286.